The van der Waals surface area contributed by atoms with Crippen LogP contribution in [0.3, 0.4) is 0 Å². The van der Waals surface area contributed by atoms with Gasteiger partial charge >= 0.3 is 0 Å². The van der Waals surface area contributed by atoms with Crippen LogP contribution in [-0.4, -0.2) is 44.9 Å². The molecule has 1 heterocycles. The number of nitrogens with zero attached hydrogens (tertiary/aromatic N) is 1. The molecule has 1 unspecified atom stereocenters. The van der Waals surface area contributed by atoms with E-state index < -0.39 is 10.0 Å². The van der Waals surface area contributed by atoms with Crippen LogP contribution in [0.1, 0.15) is 36.0 Å². The molecule has 6 nitrogen and oxygen atoms in total. The molecule has 27 heavy (non-hydrogen) atoms. The monoisotopic (exact) mass is 409 g/mol. The van der Waals surface area contributed by atoms with Crippen molar-refractivity contribution in [2.24, 2.45) is 0 Å². The summed E-state index contributed by atoms with van der Waals surface area (Å²) >= 11 is 1.49. The molecule has 0 saturated carbocycles. The zero-order valence-electron chi connectivity index (χ0n) is 15.9. The van der Waals surface area contributed by atoms with Gasteiger partial charge in [0, 0.05) is 29.6 Å². The molecule has 1 amide bonds. The molecule has 148 valence electrons. The lowest BCUT2D eigenvalue weighted by atomic mass is 10.2. The maximum Gasteiger partial charge on any atom is 0.251 e. The van der Waals surface area contributed by atoms with Crippen molar-refractivity contribution in [3.8, 4) is 0 Å². The highest BCUT2D eigenvalue weighted by Gasteiger charge is 2.17. The van der Waals surface area contributed by atoms with Gasteiger partial charge in [-0.1, -0.05) is 26.0 Å². The third-order valence-electron chi connectivity index (χ3n) is 4.42. The number of likely N-dealkylation sites (N-methyl/N-ethyl adjacent to an activating group) is 1. The summed E-state index contributed by atoms with van der Waals surface area (Å²) in [4.78, 5) is 15.7. The van der Waals surface area contributed by atoms with Gasteiger partial charge in [-0.25, -0.2) is 13.1 Å². The minimum atomic E-state index is -3.68. The minimum Gasteiger partial charge on any atom is -0.350 e. The van der Waals surface area contributed by atoms with Crippen molar-refractivity contribution in [1.82, 2.24) is 14.9 Å². The van der Waals surface area contributed by atoms with Gasteiger partial charge in [-0.15, -0.1) is 11.3 Å². The quantitative estimate of drug-likeness (QED) is 0.632. The first-order valence-corrected chi connectivity index (χ1v) is 11.4. The first kappa shape index (κ1) is 21.6. The van der Waals surface area contributed by atoms with Crippen LogP contribution in [0, 0.1) is 0 Å². The van der Waals surface area contributed by atoms with Gasteiger partial charge in [-0.3, -0.25) is 9.69 Å². The van der Waals surface area contributed by atoms with E-state index in [0.29, 0.717) is 12.1 Å². The lowest BCUT2D eigenvalue weighted by Gasteiger charge is -2.26. The highest BCUT2D eigenvalue weighted by atomic mass is 32.2. The van der Waals surface area contributed by atoms with Gasteiger partial charge in [-0.05, 0) is 49.7 Å². The molecule has 0 bridgehead atoms. The Labute approximate surface area is 165 Å². The molecule has 0 saturated heterocycles. The third kappa shape index (κ3) is 6.14. The molecule has 0 radical (unpaired) electrons. The van der Waals surface area contributed by atoms with Crippen LogP contribution in [0.15, 0.2) is 46.7 Å². The Hall–Kier alpha value is -1.74. The Balaban J connectivity index is 2.02. The largest absolute Gasteiger partial charge is 0.350 e. The van der Waals surface area contributed by atoms with Crippen molar-refractivity contribution in [2.75, 3.05) is 19.6 Å². The number of hydrogen-bond donors (Lipinski definition) is 2. The summed E-state index contributed by atoms with van der Waals surface area (Å²) < 4.78 is 27.5. The van der Waals surface area contributed by atoms with E-state index in [1.165, 1.54) is 23.5 Å². The van der Waals surface area contributed by atoms with Gasteiger partial charge < -0.3 is 5.32 Å². The summed E-state index contributed by atoms with van der Waals surface area (Å²) in [5, 5.41) is 4.78. The predicted octanol–water partition coefficient (Wildman–Crippen LogP) is 2.69. The second kappa shape index (κ2) is 9.98. The van der Waals surface area contributed by atoms with E-state index in [2.05, 4.69) is 35.7 Å². The average Bonchev–Trinajstić information content (AvgIpc) is 3.19. The first-order valence-electron chi connectivity index (χ1n) is 9.01. The Morgan fingerprint density at radius 1 is 1.19 bits per heavy atom. The smallest absolute Gasteiger partial charge is 0.251 e. The normalized spacial score (nSPS) is 12.9. The maximum atomic E-state index is 12.5. The highest BCUT2D eigenvalue weighted by molar-refractivity contribution is 7.89. The molecule has 0 fully saturated rings. The Kier molecular flexibility index (Phi) is 7.97. The molecular weight excluding hydrogens is 382 g/mol. The molecule has 1 aromatic carbocycles. The molecule has 1 atom stereocenters. The van der Waals surface area contributed by atoms with Crippen molar-refractivity contribution in [1.29, 1.82) is 0 Å². The standard InChI is InChI=1S/C19H27N3O3S2/c1-4-22(5-2)15(3)13-20-19(23)16-8-6-10-18(12-16)27(24,25)21-14-17-9-7-11-26-17/h6-12,15,21H,4-5,13-14H2,1-3H3,(H,20,23). The van der Waals surface area contributed by atoms with E-state index in [1.807, 2.05) is 17.5 Å². The molecule has 0 aliphatic carbocycles. The van der Waals surface area contributed by atoms with E-state index in [9.17, 15) is 13.2 Å². The maximum absolute atomic E-state index is 12.5. The number of nitrogens with one attached hydrogen (secondary N) is 2. The fourth-order valence-electron chi connectivity index (χ4n) is 2.79. The number of rotatable bonds is 10. The number of benzene rings is 1. The number of sulfonamides is 1. The summed E-state index contributed by atoms with van der Waals surface area (Å²) in [7, 11) is -3.68. The van der Waals surface area contributed by atoms with E-state index >= 15 is 0 Å². The number of amides is 1. The van der Waals surface area contributed by atoms with Crippen LogP contribution in [0.4, 0.5) is 0 Å². The SMILES string of the molecule is CCN(CC)C(C)CNC(=O)c1cccc(S(=O)(=O)NCc2cccs2)c1. The molecule has 0 aliphatic rings. The molecule has 1 aromatic heterocycles. The van der Waals surface area contributed by atoms with Gasteiger partial charge in [0.15, 0.2) is 0 Å². The average molecular weight is 410 g/mol. The zero-order valence-corrected chi connectivity index (χ0v) is 17.6. The fourth-order valence-corrected chi connectivity index (χ4v) is 4.57. The van der Waals surface area contributed by atoms with Crippen LogP contribution < -0.4 is 10.0 Å². The summed E-state index contributed by atoms with van der Waals surface area (Å²) in [5.41, 5.74) is 0.334. The van der Waals surface area contributed by atoms with Crippen LogP contribution in [-0.2, 0) is 16.6 Å². The van der Waals surface area contributed by atoms with Crippen molar-refractivity contribution in [2.45, 2.75) is 38.3 Å². The molecule has 2 rings (SSSR count). The van der Waals surface area contributed by atoms with Gasteiger partial charge in [-0.2, -0.15) is 0 Å². The number of carbonyl (C=O) groups is 1. The molecule has 0 aliphatic heterocycles. The lowest BCUT2D eigenvalue weighted by molar-refractivity contribution is 0.0937. The number of hydrogen-bond acceptors (Lipinski definition) is 5. The van der Waals surface area contributed by atoms with Crippen LogP contribution >= 0.6 is 11.3 Å². The predicted molar refractivity (Wildman–Crippen MR) is 110 cm³/mol. The van der Waals surface area contributed by atoms with Crippen LogP contribution in [0.25, 0.3) is 0 Å². The molecule has 8 heteroatoms. The first-order chi connectivity index (χ1) is 12.9. The van der Waals surface area contributed by atoms with Crippen molar-refractivity contribution in [3.05, 3.63) is 52.2 Å². The van der Waals surface area contributed by atoms with E-state index in [4.69, 9.17) is 0 Å². The fraction of sp³-hybridized carbons (Fsp3) is 0.421. The van der Waals surface area contributed by atoms with Crippen molar-refractivity contribution >= 4 is 27.3 Å². The van der Waals surface area contributed by atoms with Crippen molar-refractivity contribution in [3.63, 3.8) is 0 Å². The topological polar surface area (TPSA) is 78.5 Å². The van der Waals surface area contributed by atoms with Crippen LogP contribution in [0.5, 0.6) is 0 Å². The second-order valence-corrected chi connectivity index (χ2v) is 9.01. The Morgan fingerprint density at radius 2 is 1.93 bits per heavy atom. The molecule has 2 aromatic rings. The number of thiophene rings is 1. The van der Waals surface area contributed by atoms with Crippen LogP contribution in [0.2, 0.25) is 0 Å². The summed E-state index contributed by atoms with van der Waals surface area (Å²) in [5.74, 6) is -0.274. The Morgan fingerprint density at radius 3 is 2.56 bits per heavy atom. The van der Waals surface area contributed by atoms with E-state index in [1.54, 1.807) is 12.1 Å². The molecular formula is C19H27N3O3S2. The highest BCUT2D eigenvalue weighted by Crippen LogP contribution is 2.14. The van der Waals surface area contributed by atoms with Gasteiger partial charge in [0.25, 0.3) is 5.91 Å². The summed E-state index contributed by atoms with van der Waals surface area (Å²) in [6.07, 6.45) is 0. The van der Waals surface area contributed by atoms with E-state index in [0.717, 1.165) is 18.0 Å². The second-order valence-electron chi connectivity index (χ2n) is 6.21. The lowest BCUT2D eigenvalue weighted by Crippen LogP contribution is -2.42. The van der Waals surface area contributed by atoms with E-state index in [-0.39, 0.29) is 23.4 Å². The summed E-state index contributed by atoms with van der Waals surface area (Å²) in [6, 6.07) is 10.1. The Bertz CT molecular complexity index is 832. The minimum absolute atomic E-state index is 0.0866. The number of carbonyl (C=O) groups excluding carboxylic acids is 1. The van der Waals surface area contributed by atoms with Crippen molar-refractivity contribution < 1.29 is 13.2 Å². The zero-order chi connectivity index (χ0) is 19.9. The molecule has 2 N–H and O–H groups in total. The van der Waals surface area contributed by atoms with Gasteiger partial charge in [0.1, 0.15) is 0 Å². The van der Waals surface area contributed by atoms with Gasteiger partial charge in [0.2, 0.25) is 10.0 Å². The summed E-state index contributed by atoms with van der Waals surface area (Å²) in [6.45, 7) is 8.79. The van der Waals surface area contributed by atoms with Gasteiger partial charge in [0.05, 0.1) is 4.90 Å². The molecule has 0 spiro atoms. The third-order valence-corrected chi connectivity index (χ3v) is 6.69.